The number of aryl methyl sites for hydroxylation is 1. The van der Waals surface area contributed by atoms with Gasteiger partial charge in [0.2, 0.25) is 5.88 Å². The van der Waals surface area contributed by atoms with Gasteiger partial charge in [0.15, 0.2) is 5.71 Å². The molecule has 0 fully saturated rings. The molecule has 0 saturated heterocycles. The molecule has 0 spiro atoms. The van der Waals surface area contributed by atoms with Gasteiger partial charge >= 0.3 is 11.0 Å². The highest BCUT2D eigenvalue weighted by Gasteiger charge is 2.38. The van der Waals surface area contributed by atoms with Gasteiger partial charge in [-0.05, 0) is 55.2 Å². The number of halogens is 3. The van der Waals surface area contributed by atoms with Gasteiger partial charge in [-0.25, -0.2) is 0 Å². The maximum Gasteiger partial charge on any atom is 0.437 e. The summed E-state index contributed by atoms with van der Waals surface area (Å²) >= 11 is 0.918. The van der Waals surface area contributed by atoms with Gasteiger partial charge in [0.1, 0.15) is 18.6 Å². The van der Waals surface area contributed by atoms with E-state index in [9.17, 15) is 23.1 Å². The van der Waals surface area contributed by atoms with Gasteiger partial charge in [-0.2, -0.15) is 13.2 Å². The number of hydrogen-bond donors (Lipinski definition) is 2. The Bertz CT molecular complexity index is 1240. The quantitative estimate of drug-likeness (QED) is 0.175. The molecule has 1 heterocycles. The molecule has 0 unspecified atom stereocenters. The van der Waals surface area contributed by atoms with Gasteiger partial charge in [0.25, 0.3) is 0 Å². The SMILES string of the molecule is CCCc1cc(C(=NOC)C(F)(F)F)ccc1OCCCCOc1cccc(-c2sc(=O)[nH]c2O)c1. The van der Waals surface area contributed by atoms with Crippen molar-refractivity contribution in [2.75, 3.05) is 20.3 Å². The highest BCUT2D eigenvalue weighted by Crippen LogP contribution is 2.32. The lowest BCUT2D eigenvalue weighted by Crippen LogP contribution is -2.24. The molecule has 0 atom stereocenters. The van der Waals surface area contributed by atoms with Crippen molar-refractivity contribution in [1.29, 1.82) is 0 Å². The molecule has 0 amide bonds. The number of H-pyrrole nitrogens is 1. The van der Waals surface area contributed by atoms with Crippen molar-refractivity contribution in [1.82, 2.24) is 4.98 Å². The predicted molar refractivity (Wildman–Crippen MR) is 132 cm³/mol. The van der Waals surface area contributed by atoms with Gasteiger partial charge in [-0.15, -0.1) is 0 Å². The van der Waals surface area contributed by atoms with E-state index in [1.54, 1.807) is 24.3 Å². The van der Waals surface area contributed by atoms with Gasteiger partial charge in [-0.1, -0.05) is 42.0 Å². The monoisotopic (exact) mass is 524 g/mol. The molecular formula is C25H27F3N2O5S. The van der Waals surface area contributed by atoms with E-state index in [0.29, 0.717) is 60.0 Å². The number of oxime groups is 1. The lowest BCUT2D eigenvalue weighted by atomic mass is 10.0. The van der Waals surface area contributed by atoms with Crippen molar-refractivity contribution < 1.29 is 32.6 Å². The zero-order valence-electron chi connectivity index (χ0n) is 19.9. The molecule has 0 radical (unpaired) electrons. The third-order valence-electron chi connectivity index (χ3n) is 5.10. The second kappa shape index (κ2) is 12.5. The van der Waals surface area contributed by atoms with Crippen molar-refractivity contribution in [3.8, 4) is 27.8 Å². The number of nitrogens with one attached hydrogen (secondary N) is 1. The predicted octanol–water partition coefficient (Wildman–Crippen LogP) is 5.91. The smallest absolute Gasteiger partial charge is 0.437 e. The molecule has 1 aromatic heterocycles. The third-order valence-corrected chi connectivity index (χ3v) is 6.02. The first kappa shape index (κ1) is 27.1. The molecule has 194 valence electrons. The summed E-state index contributed by atoms with van der Waals surface area (Å²) in [5, 5.41) is 13.0. The van der Waals surface area contributed by atoms with Crippen LogP contribution in [0.1, 0.15) is 37.3 Å². The molecule has 0 bridgehead atoms. The topological polar surface area (TPSA) is 93.1 Å². The molecule has 2 N–H and O–H groups in total. The van der Waals surface area contributed by atoms with E-state index in [0.717, 1.165) is 24.9 Å². The maximum absolute atomic E-state index is 13.3. The maximum atomic E-state index is 13.3. The standard InChI is InChI=1S/C25H27F3N2O5S/c1-3-7-16-14-18(22(30-33-2)25(26,27)28)10-11-20(16)35-13-5-4-12-34-19-9-6-8-17(15-19)21-23(31)29-24(32)36-21/h6,8-11,14-15,31H,3-5,7,12-13H2,1-2H3,(H,29,32). The average Bonchev–Trinajstić information content (AvgIpc) is 3.18. The molecule has 0 aliphatic rings. The summed E-state index contributed by atoms with van der Waals surface area (Å²) < 4.78 is 51.5. The zero-order chi connectivity index (χ0) is 26.1. The van der Waals surface area contributed by atoms with E-state index in [-0.39, 0.29) is 16.3 Å². The van der Waals surface area contributed by atoms with E-state index < -0.39 is 11.9 Å². The molecular weight excluding hydrogens is 497 g/mol. The van der Waals surface area contributed by atoms with Crippen molar-refractivity contribution in [3.05, 3.63) is 63.3 Å². The van der Waals surface area contributed by atoms with E-state index >= 15 is 0 Å². The number of nitrogens with zero attached hydrogens (tertiary/aromatic N) is 1. The first-order valence-corrected chi connectivity index (χ1v) is 12.1. The van der Waals surface area contributed by atoms with Crippen LogP contribution in [0.15, 0.2) is 52.4 Å². The van der Waals surface area contributed by atoms with E-state index in [4.69, 9.17) is 9.47 Å². The number of rotatable bonds is 12. The number of alkyl halides is 3. The Labute approximate surface area is 210 Å². The fourth-order valence-corrected chi connectivity index (χ4v) is 4.24. The lowest BCUT2D eigenvalue weighted by Gasteiger charge is -2.15. The first-order chi connectivity index (χ1) is 17.2. The Kier molecular flexibility index (Phi) is 9.40. The lowest BCUT2D eigenvalue weighted by molar-refractivity contribution is -0.0608. The molecule has 7 nitrogen and oxygen atoms in total. The second-order valence-corrected chi connectivity index (χ2v) is 8.80. The van der Waals surface area contributed by atoms with Crippen molar-refractivity contribution >= 4 is 17.0 Å². The summed E-state index contributed by atoms with van der Waals surface area (Å²) in [6, 6.07) is 11.4. The Morgan fingerprint density at radius 1 is 1.11 bits per heavy atom. The summed E-state index contributed by atoms with van der Waals surface area (Å²) in [4.78, 5) is 18.3. The minimum Gasteiger partial charge on any atom is -0.494 e. The number of ether oxygens (including phenoxy) is 2. The molecule has 36 heavy (non-hydrogen) atoms. The first-order valence-electron chi connectivity index (χ1n) is 11.3. The summed E-state index contributed by atoms with van der Waals surface area (Å²) in [5.74, 6) is 0.974. The number of aromatic amines is 1. The second-order valence-electron chi connectivity index (χ2n) is 7.82. The van der Waals surface area contributed by atoms with Gasteiger partial charge in [-0.3, -0.25) is 9.78 Å². The molecule has 0 aliphatic carbocycles. The van der Waals surface area contributed by atoms with Crippen molar-refractivity contribution in [3.63, 3.8) is 0 Å². The van der Waals surface area contributed by atoms with Gasteiger partial charge in [0.05, 0.1) is 18.1 Å². The Morgan fingerprint density at radius 2 is 1.86 bits per heavy atom. The van der Waals surface area contributed by atoms with Crippen LogP contribution >= 0.6 is 11.3 Å². The van der Waals surface area contributed by atoms with Crippen LogP contribution in [0.4, 0.5) is 13.2 Å². The molecule has 2 aromatic carbocycles. The van der Waals surface area contributed by atoms with E-state index in [1.165, 1.54) is 18.2 Å². The molecule has 3 rings (SSSR count). The minimum absolute atomic E-state index is 0.0731. The Morgan fingerprint density at radius 3 is 2.50 bits per heavy atom. The fourth-order valence-electron chi connectivity index (χ4n) is 3.51. The van der Waals surface area contributed by atoms with Crippen LogP contribution in [0.25, 0.3) is 10.4 Å². The van der Waals surface area contributed by atoms with Crippen LogP contribution < -0.4 is 14.3 Å². The van der Waals surface area contributed by atoms with Crippen molar-refractivity contribution in [2.24, 2.45) is 5.16 Å². The summed E-state index contributed by atoms with van der Waals surface area (Å²) in [6.07, 6.45) is -1.97. The van der Waals surface area contributed by atoms with Crippen LogP contribution in [-0.4, -0.2) is 42.3 Å². The van der Waals surface area contributed by atoms with Crippen LogP contribution in [0.3, 0.4) is 0 Å². The summed E-state index contributed by atoms with van der Waals surface area (Å²) in [7, 11) is 1.08. The van der Waals surface area contributed by atoms with Gasteiger partial charge in [0, 0.05) is 11.1 Å². The highest BCUT2D eigenvalue weighted by atomic mass is 32.1. The third kappa shape index (κ3) is 7.27. The molecule has 0 aliphatic heterocycles. The fraction of sp³-hybridized carbons (Fsp3) is 0.360. The number of aromatic nitrogens is 1. The average molecular weight is 525 g/mol. The van der Waals surface area contributed by atoms with Crippen LogP contribution in [0.5, 0.6) is 17.4 Å². The number of benzene rings is 2. The molecule has 3 aromatic rings. The van der Waals surface area contributed by atoms with Crippen LogP contribution in [0.2, 0.25) is 0 Å². The number of hydrogen-bond acceptors (Lipinski definition) is 7. The Hall–Kier alpha value is -3.47. The highest BCUT2D eigenvalue weighted by molar-refractivity contribution is 7.13. The van der Waals surface area contributed by atoms with Crippen molar-refractivity contribution in [2.45, 2.75) is 38.8 Å². The molecule has 0 saturated carbocycles. The zero-order valence-corrected chi connectivity index (χ0v) is 20.7. The minimum atomic E-state index is -4.64. The number of thiazole rings is 1. The number of unbranched alkanes of at least 4 members (excludes halogenated alkanes) is 1. The van der Waals surface area contributed by atoms with Gasteiger partial charge < -0.3 is 19.4 Å². The van der Waals surface area contributed by atoms with Crippen LogP contribution in [-0.2, 0) is 11.3 Å². The number of aromatic hydroxyl groups is 1. The normalized spacial score (nSPS) is 12.0. The Balaban J connectivity index is 1.53. The van der Waals surface area contributed by atoms with E-state index in [1.807, 2.05) is 6.92 Å². The largest absolute Gasteiger partial charge is 0.494 e. The summed E-state index contributed by atoms with van der Waals surface area (Å²) in [6.45, 7) is 2.74. The molecule has 11 heteroatoms. The van der Waals surface area contributed by atoms with Crippen LogP contribution in [0, 0.1) is 0 Å². The summed E-state index contributed by atoms with van der Waals surface area (Å²) in [5.41, 5.74) is 0.186. The van der Waals surface area contributed by atoms with E-state index in [2.05, 4.69) is 15.0 Å².